The first-order chi connectivity index (χ1) is 5.38. The summed E-state index contributed by atoms with van der Waals surface area (Å²) in [6.45, 7) is 0. The molecule has 0 spiro atoms. The molecule has 4 heteroatoms. The molecule has 2 rings (SSSR count). The van der Waals surface area contributed by atoms with Gasteiger partial charge in [0.25, 0.3) is 0 Å². The lowest BCUT2D eigenvalue weighted by atomic mass is 10.5. The molecule has 12 heavy (non-hydrogen) atoms. The van der Waals surface area contributed by atoms with E-state index < -0.39 is 0 Å². The van der Waals surface area contributed by atoms with Crippen LogP contribution in [0.1, 0.15) is 0 Å². The Kier molecular flexibility index (Phi) is 2.45. The third-order valence-electron chi connectivity index (χ3n) is 1.52. The lowest BCUT2D eigenvalue weighted by Crippen LogP contribution is -1.95. The molecule has 0 N–H and O–H groups in total. The molecule has 0 saturated heterocycles. The van der Waals surface area contributed by atoms with E-state index in [2.05, 4.69) is 4.98 Å². The summed E-state index contributed by atoms with van der Waals surface area (Å²) >= 11 is 0. The van der Waals surface area contributed by atoms with Crippen molar-refractivity contribution in [3.05, 3.63) is 47.1 Å². The Morgan fingerprint density at radius 2 is 2.17 bits per heavy atom. The SMILES string of the molecule is Cl.O=c1ccccn2cncc12. The average Bonchev–Trinajstić information content (AvgIpc) is 2.40. The molecule has 0 atom stereocenters. The first kappa shape index (κ1) is 8.74. The number of rotatable bonds is 0. The molecule has 62 valence electrons. The number of fused-ring (bicyclic) bond motifs is 1. The third kappa shape index (κ3) is 1.31. The number of hydrogen-bond acceptors (Lipinski definition) is 2. The van der Waals surface area contributed by atoms with Gasteiger partial charge in [-0.3, -0.25) is 4.79 Å². The van der Waals surface area contributed by atoms with Crippen molar-refractivity contribution in [1.82, 2.24) is 9.38 Å². The molecule has 0 fully saturated rings. The van der Waals surface area contributed by atoms with Crippen LogP contribution in [0.3, 0.4) is 0 Å². The van der Waals surface area contributed by atoms with E-state index in [0.717, 1.165) is 0 Å². The number of imidazole rings is 1. The average molecular weight is 183 g/mol. The van der Waals surface area contributed by atoms with E-state index in [1.807, 2.05) is 0 Å². The molecule has 2 aromatic heterocycles. The van der Waals surface area contributed by atoms with Crippen molar-refractivity contribution in [2.45, 2.75) is 0 Å². The van der Waals surface area contributed by atoms with Gasteiger partial charge in [0.05, 0.1) is 12.5 Å². The maximum absolute atomic E-state index is 11.2. The summed E-state index contributed by atoms with van der Waals surface area (Å²) in [4.78, 5) is 15.0. The van der Waals surface area contributed by atoms with Crippen molar-refractivity contribution in [2.75, 3.05) is 0 Å². The summed E-state index contributed by atoms with van der Waals surface area (Å²) in [7, 11) is 0. The Morgan fingerprint density at radius 3 is 3.00 bits per heavy atom. The van der Waals surface area contributed by atoms with E-state index in [-0.39, 0.29) is 17.8 Å². The van der Waals surface area contributed by atoms with Crippen LogP contribution in [0.5, 0.6) is 0 Å². The molecule has 2 heterocycles. The van der Waals surface area contributed by atoms with Gasteiger partial charge in [0.1, 0.15) is 5.52 Å². The van der Waals surface area contributed by atoms with Crippen LogP contribution >= 0.6 is 12.4 Å². The van der Waals surface area contributed by atoms with Crippen molar-refractivity contribution < 1.29 is 0 Å². The predicted molar refractivity (Wildman–Crippen MR) is 48.7 cm³/mol. The summed E-state index contributed by atoms with van der Waals surface area (Å²) < 4.78 is 1.70. The zero-order chi connectivity index (χ0) is 7.68. The molecular formula is C8H7ClN2O. The molecule has 2 aromatic rings. The monoisotopic (exact) mass is 182 g/mol. The second-order valence-electron chi connectivity index (χ2n) is 2.25. The van der Waals surface area contributed by atoms with E-state index in [9.17, 15) is 4.79 Å². The van der Waals surface area contributed by atoms with Crippen LogP contribution in [-0.2, 0) is 0 Å². The fourth-order valence-corrected chi connectivity index (χ4v) is 0.985. The van der Waals surface area contributed by atoms with Crippen molar-refractivity contribution in [2.24, 2.45) is 0 Å². The predicted octanol–water partition coefficient (Wildman–Crippen LogP) is 1.12. The van der Waals surface area contributed by atoms with Crippen molar-refractivity contribution in [3.63, 3.8) is 0 Å². The highest BCUT2D eigenvalue weighted by Crippen LogP contribution is 1.91. The molecule has 0 aliphatic heterocycles. The van der Waals surface area contributed by atoms with Gasteiger partial charge in [-0.2, -0.15) is 0 Å². The molecule has 0 saturated carbocycles. The maximum Gasteiger partial charge on any atom is 0.204 e. The topological polar surface area (TPSA) is 34.4 Å². The van der Waals surface area contributed by atoms with E-state index in [1.54, 1.807) is 35.3 Å². The van der Waals surface area contributed by atoms with Gasteiger partial charge in [0.15, 0.2) is 0 Å². The van der Waals surface area contributed by atoms with Crippen LogP contribution in [0.4, 0.5) is 0 Å². The van der Waals surface area contributed by atoms with Gasteiger partial charge in [-0.05, 0) is 12.1 Å². The smallest absolute Gasteiger partial charge is 0.204 e. The van der Waals surface area contributed by atoms with E-state index in [4.69, 9.17) is 0 Å². The first-order valence-electron chi connectivity index (χ1n) is 3.29. The van der Waals surface area contributed by atoms with Gasteiger partial charge in [-0.1, -0.05) is 6.07 Å². The van der Waals surface area contributed by atoms with Crippen molar-refractivity contribution >= 4 is 17.9 Å². The Labute approximate surface area is 75.1 Å². The highest BCUT2D eigenvalue weighted by molar-refractivity contribution is 5.85. The van der Waals surface area contributed by atoms with Crippen LogP contribution in [-0.4, -0.2) is 9.38 Å². The number of aromatic nitrogens is 2. The highest BCUT2D eigenvalue weighted by Gasteiger charge is 1.92. The summed E-state index contributed by atoms with van der Waals surface area (Å²) in [6.07, 6.45) is 4.96. The van der Waals surface area contributed by atoms with Crippen molar-refractivity contribution in [1.29, 1.82) is 0 Å². The van der Waals surface area contributed by atoms with Crippen LogP contribution < -0.4 is 5.43 Å². The minimum absolute atomic E-state index is 0. The lowest BCUT2D eigenvalue weighted by Gasteiger charge is -1.79. The van der Waals surface area contributed by atoms with Crippen molar-refractivity contribution in [3.8, 4) is 0 Å². The Balaban J connectivity index is 0.000000720. The number of hydrogen-bond donors (Lipinski definition) is 0. The maximum atomic E-state index is 11.2. The van der Waals surface area contributed by atoms with Gasteiger partial charge < -0.3 is 4.40 Å². The zero-order valence-corrected chi connectivity index (χ0v) is 6.99. The van der Waals surface area contributed by atoms with Crippen LogP contribution in [0, 0.1) is 0 Å². The van der Waals surface area contributed by atoms with Crippen LogP contribution in [0.2, 0.25) is 0 Å². The summed E-state index contributed by atoms with van der Waals surface area (Å²) in [5, 5.41) is 0. The van der Waals surface area contributed by atoms with Gasteiger partial charge in [-0.15, -0.1) is 12.4 Å². The number of nitrogens with zero attached hydrogens (tertiary/aromatic N) is 2. The van der Waals surface area contributed by atoms with E-state index >= 15 is 0 Å². The van der Waals surface area contributed by atoms with E-state index in [0.29, 0.717) is 5.52 Å². The summed E-state index contributed by atoms with van der Waals surface area (Å²) in [5.74, 6) is 0. The molecule has 0 aromatic carbocycles. The van der Waals surface area contributed by atoms with Crippen LogP contribution in [0.25, 0.3) is 5.52 Å². The molecule has 0 amide bonds. The normalized spacial score (nSPS) is 9.33. The molecule has 0 bridgehead atoms. The Hall–Kier alpha value is -1.35. The van der Waals surface area contributed by atoms with Gasteiger partial charge in [0, 0.05) is 6.20 Å². The fourth-order valence-electron chi connectivity index (χ4n) is 0.985. The first-order valence-corrected chi connectivity index (χ1v) is 3.29. The Bertz CT molecular complexity index is 438. The molecule has 0 radical (unpaired) electrons. The quantitative estimate of drug-likeness (QED) is 0.612. The zero-order valence-electron chi connectivity index (χ0n) is 6.18. The second kappa shape index (κ2) is 3.36. The largest absolute Gasteiger partial charge is 0.303 e. The highest BCUT2D eigenvalue weighted by atomic mass is 35.5. The minimum Gasteiger partial charge on any atom is -0.303 e. The van der Waals surface area contributed by atoms with Gasteiger partial charge >= 0.3 is 0 Å². The van der Waals surface area contributed by atoms with Gasteiger partial charge in [0.2, 0.25) is 5.43 Å². The minimum atomic E-state index is -0.00694. The van der Waals surface area contributed by atoms with Crippen LogP contribution in [0.15, 0.2) is 41.7 Å². The molecule has 0 aliphatic carbocycles. The molecule has 0 unspecified atom stereocenters. The number of halogens is 1. The fraction of sp³-hybridized carbons (Fsp3) is 0. The molecular weight excluding hydrogens is 176 g/mol. The summed E-state index contributed by atoms with van der Waals surface area (Å²) in [5.41, 5.74) is 0.600. The lowest BCUT2D eigenvalue weighted by molar-refractivity contribution is 1.16. The van der Waals surface area contributed by atoms with Gasteiger partial charge in [-0.25, -0.2) is 4.98 Å². The molecule has 3 nitrogen and oxygen atoms in total. The third-order valence-corrected chi connectivity index (χ3v) is 1.52. The standard InChI is InChI=1S/C8H6N2O.ClH/c11-8-3-1-2-4-10-6-9-5-7(8)10;/h1-6H;1H. The summed E-state index contributed by atoms with van der Waals surface area (Å²) in [6, 6.07) is 5.04. The molecule has 0 aliphatic rings. The van der Waals surface area contributed by atoms with E-state index in [1.165, 1.54) is 6.07 Å². The second-order valence-corrected chi connectivity index (χ2v) is 2.25. The Morgan fingerprint density at radius 1 is 1.33 bits per heavy atom.